The first kappa shape index (κ1) is 15.9. The van der Waals surface area contributed by atoms with Crippen molar-refractivity contribution in [3.05, 3.63) is 53.1 Å². The lowest BCUT2D eigenvalue weighted by Crippen LogP contribution is -2.29. The number of anilines is 2. The minimum atomic E-state index is -0.0480. The molecule has 120 valence electrons. The number of fused-ring (bicyclic) bond motifs is 1. The molecule has 0 aliphatic carbocycles. The average Bonchev–Trinajstić information content (AvgIpc) is 2.57. The Morgan fingerprint density at radius 1 is 1.22 bits per heavy atom. The van der Waals surface area contributed by atoms with Gasteiger partial charge < -0.3 is 10.2 Å². The zero-order valence-corrected chi connectivity index (χ0v) is 14.7. The van der Waals surface area contributed by atoms with E-state index in [1.54, 1.807) is 0 Å². The fourth-order valence-electron chi connectivity index (χ4n) is 2.81. The molecule has 0 atom stereocenters. The molecule has 0 spiro atoms. The number of benzene rings is 2. The first-order valence-corrected chi connectivity index (χ1v) is 8.97. The van der Waals surface area contributed by atoms with Crippen LogP contribution in [-0.2, 0) is 0 Å². The monoisotopic (exact) mass is 326 g/mol. The highest BCUT2D eigenvalue weighted by Crippen LogP contribution is 2.35. The Bertz CT molecular complexity index is 742. The molecule has 1 N–H and O–H groups in total. The standard InChI is InChI=1S/C19H22N2OS/c1-4-21-9-10-23-18-8-7-15(12-17(18)21)19(22)20-16-11-13(2)5-6-14(16)3/h5-8,11-12H,4,9-10H2,1-3H3,(H,20,22). The molecule has 0 bridgehead atoms. The summed E-state index contributed by atoms with van der Waals surface area (Å²) < 4.78 is 0. The molecule has 1 aliphatic heterocycles. The number of thioether (sulfide) groups is 1. The van der Waals surface area contributed by atoms with Crippen molar-refractivity contribution in [2.24, 2.45) is 0 Å². The third-order valence-electron chi connectivity index (χ3n) is 4.20. The number of carbonyl (C=O) groups excluding carboxylic acids is 1. The number of hydrogen-bond donors (Lipinski definition) is 1. The van der Waals surface area contributed by atoms with Crippen LogP contribution in [0.1, 0.15) is 28.4 Å². The highest BCUT2D eigenvalue weighted by Gasteiger charge is 2.18. The Morgan fingerprint density at radius 3 is 2.83 bits per heavy atom. The van der Waals surface area contributed by atoms with Gasteiger partial charge in [-0.1, -0.05) is 12.1 Å². The van der Waals surface area contributed by atoms with Gasteiger partial charge in [0.1, 0.15) is 0 Å². The van der Waals surface area contributed by atoms with Gasteiger partial charge in [0.2, 0.25) is 0 Å². The molecular formula is C19H22N2OS. The molecule has 4 heteroatoms. The quantitative estimate of drug-likeness (QED) is 0.902. The van der Waals surface area contributed by atoms with E-state index in [1.165, 1.54) is 10.6 Å². The van der Waals surface area contributed by atoms with Gasteiger partial charge in [-0.2, -0.15) is 0 Å². The molecule has 3 rings (SSSR count). The normalized spacial score (nSPS) is 13.6. The van der Waals surface area contributed by atoms with Gasteiger partial charge in [0.05, 0.1) is 5.69 Å². The van der Waals surface area contributed by atoms with E-state index in [9.17, 15) is 4.79 Å². The lowest BCUT2D eigenvalue weighted by molar-refractivity contribution is 0.102. The molecule has 23 heavy (non-hydrogen) atoms. The van der Waals surface area contributed by atoms with Crippen LogP contribution in [0.15, 0.2) is 41.3 Å². The van der Waals surface area contributed by atoms with E-state index in [0.717, 1.165) is 35.7 Å². The van der Waals surface area contributed by atoms with Crippen LogP contribution in [0.25, 0.3) is 0 Å². The van der Waals surface area contributed by atoms with E-state index < -0.39 is 0 Å². The second-order valence-electron chi connectivity index (χ2n) is 5.88. The summed E-state index contributed by atoms with van der Waals surface area (Å²) in [6, 6.07) is 12.1. The molecule has 0 unspecified atom stereocenters. The predicted molar refractivity (Wildman–Crippen MR) is 98.9 cm³/mol. The Kier molecular flexibility index (Phi) is 4.62. The topological polar surface area (TPSA) is 32.3 Å². The van der Waals surface area contributed by atoms with Gasteiger partial charge in [-0.3, -0.25) is 4.79 Å². The van der Waals surface area contributed by atoms with Crippen molar-refractivity contribution >= 4 is 29.0 Å². The maximum atomic E-state index is 12.6. The van der Waals surface area contributed by atoms with Crippen molar-refractivity contribution in [2.45, 2.75) is 25.7 Å². The van der Waals surface area contributed by atoms with Crippen LogP contribution >= 0.6 is 11.8 Å². The van der Waals surface area contributed by atoms with Gasteiger partial charge in [-0.25, -0.2) is 0 Å². The third kappa shape index (κ3) is 3.37. The summed E-state index contributed by atoms with van der Waals surface area (Å²) in [6.45, 7) is 8.20. The lowest BCUT2D eigenvalue weighted by Gasteiger charge is -2.30. The fraction of sp³-hybridized carbons (Fsp3) is 0.316. The van der Waals surface area contributed by atoms with Gasteiger partial charge in [0.15, 0.2) is 0 Å². The molecule has 0 aromatic heterocycles. The summed E-state index contributed by atoms with van der Waals surface area (Å²) in [5.41, 5.74) is 5.00. The molecule has 2 aromatic rings. The minimum Gasteiger partial charge on any atom is -0.370 e. The Hall–Kier alpha value is -1.94. The second kappa shape index (κ2) is 6.67. The zero-order chi connectivity index (χ0) is 16.4. The molecule has 0 fully saturated rings. The van der Waals surface area contributed by atoms with E-state index in [4.69, 9.17) is 0 Å². The van der Waals surface area contributed by atoms with Crippen LogP contribution in [0.5, 0.6) is 0 Å². The SMILES string of the molecule is CCN1CCSc2ccc(C(=O)Nc3cc(C)ccc3C)cc21. The third-order valence-corrected chi connectivity index (χ3v) is 5.25. The molecule has 1 aliphatic rings. The number of nitrogens with zero attached hydrogens (tertiary/aromatic N) is 1. The lowest BCUT2D eigenvalue weighted by atomic mass is 10.1. The van der Waals surface area contributed by atoms with Crippen LogP contribution in [0.4, 0.5) is 11.4 Å². The second-order valence-corrected chi connectivity index (χ2v) is 7.02. The Labute approximate surface area is 142 Å². The maximum Gasteiger partial charge on any atom is 0.255 e. The first-order chi connectivity index (χ1) is 11.1. The molecule has 2 aromatic carbocycles. The number of amides is 1. The van der Waals surface area contributed by atoms with Crippen LogP contribution in [-0.4, -0.2) is 24.7 Å². The first-order valence-electron chi connectivity index (χ1n) is 7.99. The zero-order valence-electron chi connectivity index (χ0n) is 13.8. The molecular weight excluding hydrogens is 304 g/mol. The summed E-state index contributed by atoms with van der Waals surface area (Å²) in [5, 5.41) is 3.04. The number of rotatable bonds is 3. The van der Waals surface area contributed by atoms with E-state index in [0.29, 0.717) is 5.56 Å². The molecule has 3 nitrogen and oxygen atoms in total. The molecule has 1 amide bonds. The fourth-order valence-corrected chi connectivity index (χ4v) is 3.84. The van der Waals surface area contributed by atoms with E-state index in [1.807, 2.05) is 49.9 Å². The largest absolute Gasteiger partial charge is 0.370 e. The van der Waals surface area contributed by atoms with E-state index in [-0.39, 0.29) is 5.91 Å². The van der Waals surface area contributed by atoms with Gasteiger partial charge in [-0.05, 0) is 56.2 Å². The predicted octanol–water partition coefficient (Wildman–Crippen LogP) is 4.49. The van der Waals surface area contributed by atoms with Crippen molar-refractivity contribution in [2.75, 3.05) is 29.1 Å². The number of aryl methyl sites for hydroxylation is 2. The highest BCUT2D eigenvalue weighted by atomic mass is 32.2. The summed E-state index contributed by atoms with van der Waals surface area (Å²) in [6.07, 6.45) is 0. The molecule has 0 saturated heterocycles. The van der Waals surface area contributed by atoms with Crippen molar-refractivity contribution in [3.63, 3.8) is 0 Å². The van der Waals surface area contributed by atoms with Crippen molar-refractivity contribution < 1.29 is 4.79 Å². The highest BCUT2D eigenvalue weighted by molar-refractivity contribution is 7.99. The molecule has 1 heterocycles. The van der Waals surface area contributed by atoms with Crippen molar-refractivity contribution in [3.8, 4) is 0 Å². The van der Waals surface area contributed by atoms with E-state index in [2.05, 4.69) is 29.3 Å². The van der Waals surface area contributed by atoms with E-state index >= 15 is 0 Å². The summed E-state index contributed by atoms with van der Waals surface area (Å²) >= 11 is 1.86. The molecule has 0 radical (unpaired) electrons. The van der Waals surface area contributed by atoms with Crippen molar-refractivity contribution in [1.82, 2.24) is 0 Å². The number of carbonyl (C=O) groups is 1. The number of hydrogen-bond acceptors (Lipinski definition) is 3. The van der Waals surface area contributed by atoms with Crippen LogP contribution in [0, 0.1) is 13.8 Å². The maximum absolute atomic E-state index is 12.6. The van der Waals surface area contributed by atoms with Gasteiger partial charge >= 0.3 is 0 Å². The number of nitrogens with one attached hydrogen (secondary N) is 1. The van der Waals surface area contributed by atoms with Gasteiger partial charge in [-0.15, -0.1) is 11.8 Å². The summed E-state index contributed by atoms with van der Waals surface area (Å²) in [5.74, 6) is 1.06. The minimum absolute atomic E-state index is 0.0480. The van der Waals surface area contributed by atoms with Crippen molar-refractivity contribution in [1.29, 1.82) is 0 Å². The smallest absolute Gasteiger partial charge is 0.255 e. The summed E-state index contributed by atoms with van der Waals surface area (Å²) in [7, 11) is 0. The van der Waals surface area contributed by atoms with Gasteiger partial charge in [0, 0.05) is 35.0 Å². The molecule has 0 saturated carbocycles. The van der Waals surface area contributed by atoms with Crippen LogP contribution in [0.2, 0.25) is 0 Å². The summed E-state index contributed by atoms with van der Waals surface area (Å²) in [4.78, 5) is 16.2. The average molecular weight is 326 g/mol. The Balaban J connectivity index is 1.87. The van der Waals surface area contributed by atoms with Gasteiger partial charge in [0.25, 0.3) is 5.91 Å². The van der Waals surface area contributed by atoms with Crippen LogP contribution in [0.3, 0.4) is 0 Å². The van der Waals surface area contributed by atoms with Crippen LogP contribution < -0.4 is 10.2 Å². The Morgan fingerprint density at radius 2 is 2.04 bits per heavy atom.